The molecule has 0 atom stereocenters. The third kappa shape index (κ3) is 2.44. The van der Waals surface area contributed by atoms with Crippen LogP contribution in [0.2, 0.25) is 0 Å². The van der Waals surface area contributed by atoms with Crippen LogP contribution in [0.4, 0.5) is 5.69 Å². The Labute approximate surface area is 130 Å². The fraction of sp³-hybridized carbons (Fsp3) is 0.400. The predicted octanol–water partition coefficient (Wildman–Crippen LogP) is 4.16. The average molecular weight is 353 g/mol. The number of hydrogen-bond donors (Lipinski definition) is 2. The van der Waals surface area contributed by atoms with Crippen LogP contribution >= 0.6 is 27.3 Å². The van der Waals surface area contributed by atoms with Gasteiger partial charge in [0, 0.05) is 20.1 Å². The molecule has 0 aliphatic heterocycles. The lowest BCUT2D eigenvalue weighted by atomic mass is 9.98. The number of anilines is 1. The second-order valence-electron chi connectivity index (χ2n) is 5.94. The highest BCUT2D eigenvalue weighted by Gasteiger charge is 2.39. The maximum atomic E-state index is 12.5. The van der Waals surface area contributed by atoms with Crippen molar-refractivity contribution in [1.29, 1.82) is 0 Å². The third-order valence-electron chi connectivity index (χ3n) is 3.93. The molecule has 3 nitrogen and oxygen atoms in total. The summed E-state index contributed by atoms with van der Waals surface area (Å²) in [6.07, 6.45) is 2.39. The predicted molar refractivity (Wildman–Crippen MR) is 88.2 cm³/mol. The zero-order valence-corrected chi connectivity index (χ0v) is 13.9. The minimum absolute atomic E-state index is 0.0586. The summed E-state index contributed by atoms with van der Waals surface area (Å²) in [4.78, 5) is 13.1. The second kappa shape index (κ2) is 4.74. The number of nitrogens with one attached hydrogen (secondary N) is 1. The maximum Gasteiger partial charge on any atom is 0.263 e. The van der Waals surface area contributed by atoms with Gasteiger partial charge >= 0.3 is 0 Å². The molecule has 1 aromatic heterocycles. The zero-order chi connectivity index (χ0) is 14.5. The Morgan fingerprint density at radius 3 is 2.80 bits per heavy atom. The van der Waals surface area contributed by atoms with Crippen LogP contribution < -0.4 is 11.1 Å². The Hall–Kier alpha value is -1.07. The molecule has 0 spiro atoms. The van der Waals surface area contributed by atoms with Gasteiger partial charge < -0.3 is 11.1 Å². The van der Waals surface area contributed by atoms with Crippen molar-refractivity contribution in [2.75, 3.05) is 5.73 Å². The monoisotopic (exact) mass is 352 g/mol. The summed E-state index contributed by atoms with van der Waals surface area (Å²) in [7, 11) is 0. The van der Waals surface area contributed by atoms with Crippen LogP contribution in [0.5, 0.6) is 0 Å². The van der Waals surface area contributed by atoms with Gasteiger partial charge in [-0.2, -0.15) is 0 Å². The Morgan fingerprint density at radius 1 is 1.45 bits per heavy atom. The molecule has 1 aliphatic rings. The van der Waals surface area contributed by atoms with Crippen molar-refractivity contribution in [3.63, 3.8) is 0 Å². The molecule has 2 aromatic rings. The van der Waals surface area contributed by atoms with Crippen LogP contribution in [0.1, 0.15) is 36.4 Å². The molecule has 20 heavy (non-hydrogen) atoms. The van der Waals surface area contributed by atoms with Crippen LogP contribution in [-0.2, 0) is 0 Å². The third-order valence-corrected chi connectivity index (χ3v) is 5.61. The van der Waals surface area contributed by atoms with Crippen molar-refractivity contribution in [1.82, 2.24) is 5.32 Å². The number of fused-ring (bicyclic) bond motifs is 1. The van der Waals surface area contributed by atoms with E-state index in [-0.39, 0.29) is 11.4 Å². The summed E-state index contributed by atoms with van der Waals surface area (Å²) in [5.41, 5.74) is 6.57. The standard InChI is InChI=1S/C15H17BrN2OS/c1-15(2,8-3-4-8)18-14(19)13-12(17)10-7-9(16)5-6-11(10)20-13/h5-8H,3-4,17H2,1-2H3,(H,18,19). The first-order valence-corrected chi connectivity index (χ1v) is 8.29. The number of carbonyl (C=O) groups excluding carboxylic acids is 1. The molecule has 0 saturated heterocycles. The Balaban J connectivity index is 1.93. The van der Waals surface area contributed by atoms with E-state index in [4.69, 9.17) is 5.73 Å². The van der Waals surface area contributed by atoms with E-state index in [1.54, 1.807) is 0 Å². The number of amides is 1. The summed E-state index contributed by atoms with van der Waals surface area (Å²) in [6.45, 7) is 4.17. The summed E-state index contributed by atoms with van der Waals surface area (Å²) < 4.78 is 2.01. The molecule has 1 fully saturated rings. The molecule has 3 rings (SSSR count). The highest BCUT2D eigenvalue weighted by molar-refractivity contribution is 9.10. The van der Waals surface area contributed by atoms with E-state index in [1.807, 2.05) is 18.2 Å². The van der Waals surface area contributed by atoms with Crippen LogP contribution in [0, 0.1) is 5.92 Å². The van der Waals surface area contributed by atoms with Gasteiger partial charge in [0.15, 0.2) is 0 Å². The molecule has 1 amide bonds. The van der Waals surface area contributed by atoms with Gasteiger partial charge in [0.2, 0.25) is 0 Å². The van der Waals surface area contributed by atoms with Crippen LogP contribution in [0.15, 0.2) is 22.7 Å². The number of nitrogen functional groups attached to an aromatic ring is 1. The van der Waals surface area contributed by atoms with Gasteiger partial charge in [-0.3, -0.25) is 4.79 Å². The van der Waals surface area contributed by atoms with Gasteiger partial charge in [0.05, 0.1) is 5.69 Å². The molecule has 0 bridgehead atoms. The van der Waals surface area contributed by atoms with Crippen molar-refractivity contribution in [2.24, 2.45) is 5.92 Å². The molecule has 106 valence electrons. The van der Waals surface area contributed by atoms with E-state index < -0.39 is 0 Å². The quantitative estimate of drug-likeness (QED) is 0.870. The first kappa shape index (κ1) is 13.9. The van der Waals surface area contributed by atoms with Gasteiger partial charge in [-0.15, -0.1) is 11.3 Å². The molecule has 1 heterocycles. The topological polar surface area (TPSA) is 55.1 Å². The summed E-state index contributed by atoms with van der Waals surface area (Å²) in [5.74, 6) is 0.535. The van der Waals surface area contributed by atoms with E-state index in [0.29, 0.717) is 16.5 Å². The van der Waals surface area contributed by atoms with Gasteiger partial charge in [-0.25, -0.2) is 0 Å². The van der Waals surface area contributed by atoms with Crippen molar-refractivity contribution in [2.45, 2.75) is 32.2 Å². The average Bonchev–Trinajstić information content (AvgIpc) is 3.16. The lowest BCUT2D eigenvalue weighted by molar-refractivity contribution is 0.0908. The fourth-order valence-electron chi connectivity index (χ4n) is 2.51. The molecule has 1 aliphatic carbocycles. The number of rotatable bonds is 3. The number of thiophene rings is 1. The van der Waals surface area contributed by atoms with Crippen LogP contribution in [-0.4, -0.2) is 11.4 Å². The highest BCUT2D eigenvalue weighted by Crippen LogP contribution is 2.40. The first-order chi connectivity index (χ1) is 9.38. The first-order valence-electron chi connectivity index (χ1n) is 6.68. The molecule has 1 aromatic carbocycles. The number of benzene rings is 1. The Bertz CT molecular complexity index is 688. The highest BCUT2D eigenvalue weighted by atomic mass is 79.9. The fourth-order valence-corrected chi connectivity index (χ4v) is 3.87. The molecular weight excluding hydrogens is 336 g/mol. The maximum absolute atomic E-state index is 12.5. The van der Waals surface area contributed by atoms with E-state index in [2.05, 4.69) is 35.1 Å². The molecule has 3 N–H and O–H groups in total. The Morgan fingerprint density at radius 2 is 2.15 bits per heavy atom. The van der Waals surface area contributed by atoms with Crippen LogP contribution in [0.25, 0.3) is 10.1 Å². The second-order valence-corrected chi connectivity index (χ2v) is 7.90. The van der Waals surface area contributed by atoms with Crippen molar-refractivity contribution in [3.05, 3.63) is 27.5 Å². The number of hydrogen-bond acceptors (Lipinski definition) is 3. The van der Waals surface area contributed by atoms with E-state index in [1.165, 1.54) is 24.2 Å². The van der Waals surface area contributed by atoms with E-state index in [0.717, 1.165) is 14.6 Å². The summed E-state index contributed by atoms with van der Waals surface area (Å²) in [5, 5.41) is 4.07. The SMILES string of the molecule is CC(C)(NC(=O)c1sc2ccc(Br)cc2c1N)C1CC1. The largest absolute Gasteiger partial charge is 0.397 e. The van der Waals surface area contributed by atoms with Crippen molar-refractivity contribution in [3.8, 4) is 0 Å². The number of nitrogens with two attached hydrogens (primary N) is 1. The van der Waals surface area contributed by atoms with Gasteiger partial charge in [0.1, 0.15) is 4.88 Å². The number of carbonyl (C=O) groups is 1. The molecule has 1 saturated carbocycles. The van der Waals surface area contributed by atoms with Gasteiger partial charge in [-0.05, 0) is 50.8 Å². The van der Waals surface area contributed by atoms with Crippen LogP contribution in [0.3, 0.4) is 0 Å². The van der Waals surface area contributed by atoms with Crippen molar-refractivity contribution >= 4 is 48.9 Å². The molecule has 5 heteroatoms. The lowest BCUT2D eigenvalue weighted by Gasteiger charge is -2.25. The Kier molecular flexibility index (Phi) is 3.29. The minimum atomic E-state index is -0.152. The van der Waals surface area contributed by atoms with Crippen molar-refractivity contribution < 1.29 is 4.79 Å². The van der Waals surface area contributed by atoms with Gasteiger partial charge in [0.25, 0.3) is 5.91 Å². The van der Waals surface area contributed by atoms with E-state index in [9.17, 15) is 4.79 Å². The van der Waals surface area contributed by atoms with E-state index >= 15 is 0 Å². The van der Waals surface area contributed by atoms with Gasteiger partial charge in [-0.1, -0.05) is 15.9 Å². The summed E-state index contributed by atoms with van der Waals surface area (Å²) >= 11 is 4.89. The molecular formula is C15H17BrN2OS. The normalized spacial score (nSPS) is 15.6. The minimum Gasteiger partial charge on any atom is -0.397 e. The molecule has 0 unspecified atom stereocenters. The molecule has 0 radical (unpaired) electrons. The summed E-state index contributed by atoms with van der Waals surface area (Å²) in [6, 6.07) is 5.92. The zero-order valence-electron chi connectivity index (χ0n) is 11.5. The smallest absolute Gasteiger partial charge is 0.263 e. The lowest BCUT2D eigenvalue weighted by Crippen LogP contribution is -2.45. The number of halogens is 1.